The Morgan fingerprint density at radius 1 is 0.919 bits per heavy atom. The maximum Gasteiger partial charge on any atom is 0.416 e. The minimum atomic E-state index is -4.41. The van der Waals surface area contributed by atoms with E-state index >= 15 is 0 Å². The van der Waals surface area contributed by atoms with Crippen LogP contribution in [0.5, 0.6) is 0 Å². The number of nitrogens with zero attached hydrogens (tertiary/aromatic N) is 4. The van der Waals surface area contributed by atoms with Crippen LogP contribution in [0.1, 0.15) is 18.4 Å². The lowest BCUT2D eigenvalue weighted by atomic mass is 10.2. The van der Waals surface area contributed by atoms with Crippen molar-refractivity contribution in [3.63, 3.8) is 0 Å². The SMILES string of the molecule is FC(F)(F)c1ccc(Nc2nc(NCCN3CCCC3)nc3sc(Nc4c(Cl)cccc4Cl)nc23)cc1. The molecule has 37 heavy (non-hydrogen) atoms. The van der Waals surface area contributed by atoms with Crippen molar-refractivity contribution in [3.05, 3.63) is 58.1 Å². The van der Waals surface area contributed by atoms with Crippen LogP contribution in [-0.2, 0) is 6.18 Å². The summed E-state index contributed by atoms with van der Waals surface area (Å²) >= 11 is 13.9. The number of halogens is 5. The van der Waals surface area contributed by atoms with Gasteiger partial charge < -0.3 is 20.9 Å². The Labute approximate surface area is 225 Å². The predicted octanol–water partition coefficient (Wildman–Crippen LogP) is 7.41. The van der Waals surface area contributed by atoms with Gasteiger partial charge in [-0.2, -0.15) is 23.1 Å². The molecule has 5 rings (SSSR count). The van der Waals surface area contributed by atoms with Crippen LogP contribution in [0.3, 0.4) is 0 Å². The molecule has 3 N–H and O–H groups in total. The van der Waals surface area contributed by atoms with Crippen molar-refractivity contribution in [3.8, 4) is 0 Å². The van der Waals surface area contributed by atoms with Crippen molar-refractivity contribution < 1.29 is 13.2 Å². The molecule has 0 bridgehead atoms. The normalized spacial score (nSPS) is 14.3. The molecular formula is C24H22Cl2F3N7S. The van der Waals surface area contributed by atoms with Gasteiger partial charge in [0.25, 0.3) is 0 Å². The molecule has 0 saturated carbocycles. The minimum Gasteiger partial charge on any atom is -0.353 e. The monoisotopic (exact) mass is 567 g/mol. The van der Waals surface area contributed by atoms with Gasteiger partial charge in [0.15, 0.2) is 15.8 Å². The van der Waals surface area contributed by atoms with E-state index < -0.39 is 11.7 Å². The third-order valence-corrected chi connectivity index (χ3v) is 7.33. The summed E-state index contributed by atoms with van der Waals surface area (Å²) in [7, 11) is 0. The van der Waals surface area contributed by atoms with E-state index in [-0.39, 0.29) is 0 Å². The van der Waals surface area contributed by atoms with Gasteiger partial charge in [-0.05, 0) is 62.3 Å². The highest BCUT2D eigenvalue weighted by Gasteiger charge is 2.30. The molecule has 13 heteroatoms. The number of nitrogens with one attached hydrogen (secondary N) is 3. The zero-order chi connectivity index (χ0) is 26.0. The summed E-state index contributed by atoms with van der Waals surface area (Å²) in [5.41, 5.74) is 0.680. The van der Waals surface area contributed by atoms with Crippen LogP contribution in [0.4, 0.5) is 41.4 Å². The Morgan fingerprint density at radius 3 is 2.30 bits per heavy atom. The number of aromatic nitrogens is 3. The first kappa shape index (κ1) is 25.8. The second kappa shape index (κ2) is 10.9. The minimum absolute atomic E-state index is 0.364. The molecule has 194 valence electrons. The lowest BCUT2D eigenvalue weighted by Gasteiger charge is -2.15. The summed E-state index contributed by atoms with van der Waals surface area (Å²) < 4.78 is 39.0. The fourth-order valence-electron chi connectivity index (χ4n) is 3.98. The highest BCUT2D eigenvalue weighted by atomic mass is 35.5. The molecule has 0 unspecified atom stereocenters. The van der Waals surface area contributed by atoms with E-state index in [2.05, 4.69) is 35.8 Å². The standard InChI is InChI=1S/C24H22Cl2F3N7S/c25-16-4-3-5-17(26)18(16)32-23-33-19-20(31-15-8-6-14(7-9-15)24(27,28)29)34-22(35-21(19)37-23)30-10-13-36-11-1-2-12-36/h3-9H,1-2,10-13H2,(H,32,33)(H2,30,31,34,35). The van der Waals surface area contributed by atoms with Crippen molar-refractivity contribution in [2.75, 3.05) is 42.1 Å². The summed E-state index contributed by atoms with van der Waals surface area (Å²) in [5, 5.41) is 10.9. The third kappa shape index (κ3) is 6.18. The van der Waals surface area contributed by atoms with Crippen LogP contribution in [0.25, 0.3) is 10.3 Å². The molecule has 0 spiro atoms. The molecule has 4 aromatic rings. The van der Waals surface area contributed by atoms with Crippen molar-refractivity contribution >= 4 is 73.2 Å². The lowest BCUT2D eigenvalue weighted by Crippen LogP contribution is -2.26. The second-order valence-electron chi connectivity index (χ2n) is 8.47. The highest BCUT2D eigenvalue weighted by molar-refractivity contribution is 7.22. The predicted molar refractivity (Wildman–Crippen MR) is 144 cm³/mol. The fourth-order valence-corrected chi connectivity index (χ4v) is 5.31. The van der Waals surface area contributed by atoms with Gasteiger partial charge in [0.05, 0.1) is 21.3 Å². The molecule has 7 nitrogen and oxygen atoms in total. The van der Waals surface area contributed by atoms with Crippen LogP contribution in [0, 0.1) is 0 Å². The van der Waals surface area contributed by atoms with E-state index in [1.807, 2.05) is 0 Å². The topological polar surface area (TPSA) is 78.0 Å². The Bertz CT molecular complexity index is 1370. The van der Waals surface area contributed by atoms with Gasteiger partial charge in [-0.3, -0.25) is 0 Å². The third-order valence-electron chi connectivity index (χ3n) is 5.84. The zero-order valence-corrected chi connectivity index (χ0v) is 21.7. The zero-order valence-electron chi connectivity index (χ0n) is 19.4. The van der Waals surface area contributed by atoms with Gasteiger partial charge in [0.2, 0.25) is 5.95 Å². The van der Waals surface area contributed by atoms with Gasteiger partial charge >= 0.3 is 6.18 Å². The first-order chi connectivity index (χ1) is 17.8. The van der Waals surface area contributed by atoms with Crippen LogP contribution in [-0.4, -0.2) is 46.0 Å². The molecule has 1 aliphatic rings. The molecular weight excluding hydrogens is 546 g/mol. The molecule has 1 fully saturated rings. The van der Waals surface area contributed by atoms with Gasteiger partial charge in [-0.1, -0.05) is 40.6 Å². The van der Waals surface area contributed by atoms with Gasteiger partial charge in [0, 0.05) is 18.8 Å². The van der Waals surface area contributed by atoms with Gasteiger partial charge in [-0.15, -0.1) is 0 Å². The summed E-state index contributed by atoms with van der Waals surface area (Å²) in [5.74, 6) is 0.759. The molecule has 0 atom stereocenters. The van der Waals surface area contributed by atoms with E-state index in [1.165, 1.54) is 36.3 Å². The fraction of sp³-hybridized carbons (Fsp3) is 0.292. The maximum absolute atomic E-state index is 13.0. The van der Waals surface area contributed by atoms with E-state index in [0.29, 0.717) is 55.2 Å². The Kier molecular flexibility index (Phi) is 7.57. The first-order valence-corrected chi connectivity index (χ1v) is 13.1. The molecule has 1 aliphatic heterocycles. The summed E-state index contributed by atoms with van der Waals surface area (Å²) in [6.45, 7) is 3.68. The molecule has 0 amide bonds. The number of benzene rings is 2. The van der Waals surface area contributed by atoms with Crippen LogP contribution in [0.2, 0.25) is 10.0 Å². The smallest absolute Gasteiger partial charge is 0.353 e. The van der Waals surface area contributed by atoms with Gasteiger partial charge in [0.1, 0.15) is 5.52 Å². The molecule has 1 saturated heterocycles. The number of likely N-dealkylation sites (tertiary alicyclic amines) is 1. The average molecular weight is 568 g/mol. The number of thiazole rings is 1. The summed E-state index contributed by atoms with van der Waals surface area (Å²) in [6, 6.07) is 9.91. The number of para-hydroxylation sites is 1. The van der Waals surface area contributed by atoms with Crippen molar-refractivity contribution in [1.29, 1.82) is 0 Å². The van der Waals surface area contributed by atoms with E-state index in [1.54, 1.807) is 18.2 Å². The molecule has 2 aromatic carbocycles. The van der Waals surface area contributed by atoms with E-state index in [0.717, 1.165) is 31.8 Å². The quantitative estimate of drug-likeness (QED) is 0.204. The van der Waals surface area contributed by atoms with E-state index in [4.69, 9.17) is 23.2 Å². The maximum atomic E-state index is 13.0. The lowest BCUT2D eigenvalue weighted by molar-refractivity contribution is -0.137. The van der Waals surface area contributed by atoms with Crippen LogP contribution in [0.15, 0.2) is 42.5 Å². The number of alkyl halides is 3. The second-order valence-corrected chi connectivity index (χ2v) is 10.3. The first-order valence-electron chi connectivity index (χ1n) is 11.6. The van der Waals surface area contributed by atoms with Crippen molar-refractivity contribution in [2.45, 2.75) is 19.0 Å². The molecule has 0 radical (unpaired) electrons. The summed E-state index contributed by atoms with van der Waals surface area (Å²) in [6.07, 6.45) is -2.01. The molecule has 0 aliphatic carbocycles. The van der Waals surface area contributed by atoms with Crippen molar-refractivity contribution in [2.24, 2.45) is 0 Å². The van der Waals surface area contributed by atoms with Crippen LogP contribution >= 0.6 is 34.5 Å². The van der Waals surface area contributed by atoms with Crippen molar-refractivity contribution in [1.82, 2.24) is 19.9 Å². The number of rotatable bonds is 8. The van der Waals surface area contributed by atoms with E-state index in [9.17, 15) is 13.2 Å². The number of fused-ring (bicyclic) bond motifs is 1. The van der Waals surface area contributed by atoms with Crippen LogP contribution < -0.4 is 16.0 Å². The number of anilines is 5. The Hall–Kier alpha value is -2.86. The largest absolute Gasteiger partial charge is 0.416 e. The average Bonchev–Trinajstić information content (AvgIpc) is 3.51. The number of hydrogen-bond acceptors (Lipinski definition) is 8. The molecule has 3 heterocycles. The van der Waals surface area contributed by atoms with Gasteiger partial charge in [-0.25, -0.2) is 4.98 Å². The number of hydrogen-bond donors (Lipinski definition) is 3. The highest BCUT2D eigenvalue weighted by Crippen LogP contribution is 2.37. The Balaban J connectivity index is 1.44. The summed E-state index contributed by atoms with van der Waals surface area (Å²) in [4.78, 5) is 16.8. The molecule has 2 aromatic heterocycles. The Morgan fingerprint density at radius 2 is 1.62 bits per heavy atom.